The number of hydrogen-bond acceptors (Lipinski definition) is 2. The highest BCUT2D eigenvalue weighted by molar-refractivity contribution is 6.33. The average Bonchev–Trinajstić information content (AvgIpc) is 2.05. The third kappa shape index (κ3) is 1.68. The number of rotatable bonds is 2. The van der Waals surface area contributed by atoms with Gasteiger partial charge in [0.05, 0.1) is 16.3 Å². The van der Waals surface area contributed by atoms with Gasteiger partial charge in [-0.3, -0.25) is 0 Å². The smallest absolute Gasteiger partial charge is 0.335 e. The van der Waals surface area contributed by atoms with Crippen LogP contribution in [-0.4, -0.2) is 18.1 Å². The fraction of sp³-hybridized carbons (Fsp3) is 0.125. The molecule has 0 saturated carbocycles. The standard InChI is InChI=1S/C8H8ClNO2/c1-10-7-4-5(8(11)12)2-3-6(7)9/h2-4,10H,1H3,(H,11,12). The maximum absolute atomic E-state index is 10.5. The van der Waals surface area contributed by atoms with Gasteiger partial charge in [0, 0.05) is 7.05 Å². The molecule has 0 saturated heterocycles. The van der Waals surface area contributed by atoms with Gasteiger partial charge in [-0.25, -0.2) is 4.79 Å². The zero-order valence-corrected chi connectivity index (χ0v) is 7.22. The third-order valence-corrected chi connectivity index (χ3v) is 1.81. The fourth-order valence-corrected chi connectivity index (χ4v) is 1.06. The van der Waals surface area contributed by atoms with Crippen LogP contribution in [0.2, 0.25) is 5.02 Å². The highest BCUT2D eigenvalue weighted by Crippen LogP contribution is 2.22. The molecule has 0 bridgehead atoms. The molecular weight excluding hydrogens is 178 g/mol. The van der Waals surface area contributed by atoms with Crippen molar-refractivity contribution < 1.29 is 9.90 Å². The minimum Gasteiger partial charge on any atom is -0.478 e. The van der Waals surface area contributed by atoms with Crippen LogP contribution in [0.1, 0.15) is 10.4 Å². The van der Waals surface area contributed by atoms with Gasteiger partial charge in [0.2, 0.25) is 0 Å². The van der Waals surface area contributed by atoms with Crippen LogP contribution in [0.15, 0.2) is 18.2 Å². The van der Waals surface area contributed by atoms with Gasteiger partial charge in [-0.2, -0.15) is 0 Å². The molecule has 0 spiro atoms. The second kappa shape index (κ2) is 3.45. The zero-order valence-electron chi connectivity index (χ0n) is 6.47. The summed E-state index contributed by atoms with van der Waals surface area (Å²) in [7, 11) is 1.69. The number of carbonyl (C=O) groups is 1. The first-order chi connectivity index (χ1) is 5.65. The van der Waals surface area contributed by atoms with Crippen LogP contribution in [0.25, 0.3) is 0 Å². The summed E-state index contributed by atoms with van der Waals surface area (Å²) in [5, 5.41) is 11.9. The van der Waals surface area contributed by atoms with Crippen LogP contribution >= 0.6 is 11.6 Å². The third-order valence-electron chi connectivity index (χ3n) is 1.48. The number of carboxylic acids is 1. The van der Waals surface area contributed by atoms with Gasteiger partial charge in [-0.15, -0.1) is 0 Å². The SMILES string of the molecule is CNc1cc(C(=O)O)ccc1Cl. The highest BCUT2D eigenvalue weighted by atomic mass is 35.5. The summed E-state index contributed by atoms with van der Waals surface area (Å²) in [6.07, 6.45) is 0. The molecule has 3 nitrogen and oxygen atoms in total. The minimum absolute atomic E-state index is 0.226. The molecule has 0 aliphatic rings. The summed E-state index contributed by atoms with van der Waals surface area (Å²) in [5.41, 5.74) is 0.848. The lowest BCUT2D eigenvalue weighted by Gasteiger charge is -2.03. The van der Waals surface area contributed by atoms with Crippen molar-refractivity contribution in [2.45, 2.75) is 0 Å². The summed E-state index contributed by atoms with van der Waals surface area (Å²) >= 11 is 5.75. The van der Waals surface area contributed by atoms with E-state index >= 15 is 0 Å². The number of hydrogen-bond donors (Lipinski definition) is 2. The Bertz CT molecular complexity index is 312. The van der Waals surface area contributed by atoms with Crippen LogP contribution < -0.4 is 5.32 Å². The molecule has 0 atom stereocenters. The molecule has 0 unspecified atom stereocenters. The molecule has 1 aromatic rings. The molecule has 0 aromatic heterocycles. The van der Waals surface area contributed by atoms with Gasteiger partial charge in [0.25, 0.3) is 0 Å². The van der Waals surface area contributed by atoms with E-state index in [0.717, 1.165) is 0 Å². The van der Waals surface area contributed by atoms with Crippen molar-refractivity contribution in [3.8, 4) is 0 Å². The Morgan fingerprint density at radius 2 is 2.25 bits per heavy atom. The largest absolute Gasteiger partial charge is 0.478 e. The van der Waals surface area contributed by atoms with Crippen LogP contribution in [0.4, 0.5) is 5.69 Å². The fourth-order valence-electron chi connectivity index (χ4n) is 0.850. The van der Waals surface area contributed by atoms with E-state index < -0.39 is 5.97 Å². The van der Waals surface area contributed by atoms with Crippen LogP contribution in [0.3, 0.4) is 0 Å². The lowest BCUT2D eigenvalue weighted by Crippen LogP contribution is -1.98. The molecule has 0 radical (unpaired) electrons. The Hall–Kier alpha value is -1.22. The number of aromatic carboxylic acids is 1. The Balaban J connectivity index is 3.13. The lowest BCUT2D eigenvalue weighted by molar-refractivity contribution is 0.0697. The van der Waals surface area contributed by atoms with Gasteiger partial charge >= 0.3 is 5.97 Å². The first-order valence-corrected chi connectivity index (χ1v) is 3.73. The molecule has 0 aliphatic carbocycles. The van der Waals surface area contributed by atoms with Gasteiger partial charge in [-0.05, 0) is 18.2 Å². The topological polar surface area (TPSA) is 49.3 Å². The molecule has 0 heterocycles. The van der Waals surface area contributed by atoms with E-state index in [9.17, 15) is 4.79 Å². The lowest BCUT2D eigenvalue weighted by atomic mass is 10.2. The molecule has 4 heteroatoms. The number of anilines is 1. The van der Waals surface area contributed by atoms with E-state index in [1.54, 1.807) is 13.1 Å². The Kier molecular flexibility index (Phi) is 2.55. The second-order valence-corrected chi connectivity index (χ2v) is 2.66. The van der Waals surface area contributed by atoms with Crippen molar-refractivity contribution in [2.24, 2.45) is 0 Å². The first-order valence-electron chi connectivity index (χ1n) is 3.35. The maximum Gasteiger partial charge on any atom is 0.335 e. The van der Waals surface area contributed by atoms with Gasteiger partial charge in [-0.1, -0.05) is 11.6 Å². The van der Waals surface area contributed by atoms with Gasteiger partial charge in [0.1, 0.15) is 0 Å². The maximum atomic E-state index is 10.5. The Morgan fingerprint density at radius 1 is 1.58 bits per heavy atom. The van der Waals surface area contributed by atoms with Gasteiger partial charge in [0.15, 0.2) is 0 Å². The predicted molar refractivity (Wildman–Crippen MR) is 48.0 cm³/mol. The molecule has 0 fully saturated rings. The Labute approximate surface area is 75.0 Å². The van der Waals surface area contributed by atoms with Gasteiger partial charge < -0.3 is 10.4 Å². The summed E-state index contributed by atoms with van der Waals surface area (Å²) in [5.74, 6) is -0.955. The van der Waals surface area contributed by atoms with Crippen LogP contribution in [0.5, 0.6) is 0 Å². The molecule has 64 valence electrons. The second-order valence-electron chi connectivity index (χ2n) is 2.25. The summed E-state index contributed by atoms with van der Waals surface area (Å²) < 4.78 is 0. The minimum atomic E-state index is -0.955. The number of nitrogens with one attached hydrogen (secondary N) is 1. The van der Waals surface area contributed by atoms with E-state index in [4.69, 9.17) is 16.7 Å². The quantitative estimate of drug-likeness (QED) is 0.742. The molecule has 2 N–H and O–H groups in total. The van der Waals surface area contributed by atoms with E-state index in [2.05, 4.69) is 5.32 Å². The average molecular weight is 186 g/mol. The monoisotopic (exact) mass is 185 g/mol. The summed E-state index contributed by atoms with van der Waals surface area (Å²) in [6.45, 7) is 0. The molecule has 0 amide bonds. The van der Waals surface area contributed by atoms with Crippen molar-refractivity contribution in [2.75, 3.05) is 12.4 Å². The summed E-state index contributed by atoms with van der Waals surface area (Å²) in [6, 6.07) is 4.51. The van der Waals surface area contributed by atoms with E-state index in [0.29, 0.717) is 10.7 Å². The van der Waals surface area contributed by atoms with Crippen molar-refractivity contribution in [1.29, 1.82) is 0 Å². The predicted octanol–water partition coefficient (Wildman–Crippen LogP) is 2.08. The molecule has 1 rings (SSSR count). The van der Waals surface area contributed by atoms with E-state index in [-0.39, 0.29) is 5.56 Å². The molecule has 1 aromatic carbocycles. The number of halogens is 1. The van der Waals surface area contributed by atoms with Crippen molar-refractivity contribution >= 4 is 23.3 Å². The zero-order chi connectivity index (χ0) is 9.14. The molecule has 12 heavy (non-hydrogen) atoms. The number of benzene rings is 1. The van der Waals surface area contributed by atoms with Crippen molar-refractivity contribution in [3.63, 3.8) is 0 Å². The molecule has 0 aliphatic heterocycles. The number of carboxylic acid groups (broad SMARTS) is 1. The van der Waals surface area contributed by atoms with Crippen LogP contribution in [-0.2, 0) is 0 Å². The van der Waals surface area contributed by atoms with Crippen molar-refractivity contribution in [1.82, 2.24) is 0 Å². The Morgan fingerprint density at radius 3 is 2.75 bits per heavy atom. The van der Waals surface area contributed by atoms with Crippen LogP contribution in [0, 0.1) is 0 Å². The molecular formula is C8H8ClNO2. The summed E-state index contributed by atoms with van der Waals surface area (Å²) in [4.78, 5) is 10.5. The van der Waals surface area contributed by atoms with E-state index in [1.807, 2.05) is 0 Å². The normalized spacial score (nSPS) is 9.50. The first kappa shape index (κ1) is 8.87. The van der Waals surface area contributed by atoms with Crippen molar-refractivity contribution in [3.05, 3.63) is 28.8 Å². The van der Waals surface area contributed by atoms with E-state index in [1.165, 1.54) is 12.1 Å². The highest BCUT2D eigenvalue weighted by Gasteiger charge is 2.05.